The second kappa shape index (κ2) is 8.80. The van der Waals surface area contributed by atoms with Gasteiger partial charge in [-0.25, -0.2) is 0 Å². The van der Waals surface area contributed by atoms with Crippen molar-refractivity contribution in [2.75, 3.05) is 0 Å². The van der Waals surface area contributed by atoms with Crippen molar-refractivity contribution in [2.45, 2.75) is 6.18 Å². The molecule has 4 nitrogen and oxygen atoms in total. The summed E-state index contributed by atoms with van der Waals surface area (Å²) in [7, 11) is 0. The molecule has 4 aromatic carbocycles. The molecule has 0 aliphatic rings. The van der Waals surface area contributed by atoms with Crippen LogP contribution in [0.5, 0.6) is 11.6 Å². The van der Waals surface area contributed by atoms with E-state index in [1.54, 1.807) is 0 Å². The Balaban J connectivity index is 0.00000253. The average Bonchev–Trinajstić information content (AvgIpc) is 3.27. The van der Waals surface area contributed by atoms with E-state index in [0.29, 0.717) is 22.4 Å². The number of fused-ring (bicyclic) bond motifs is 3. The molecule has 1 radical (unpaired) electrons. The third-order valence-electron chi connectivity index (χ3n) is 5.57. The minimum absolute atomic E-state index is 0. The van der Waals surface area contributed by atoms with Crippen molar-refractivity contribution in [1.29, 1.82) is 0 Å². The summed E-state index contributed by atoms with van der Waals surface area (Å²) in [5.74, 6) is 0.843. The van der Waals surface area contributed by atoms with E-state index < -0.39 is 11.7 Å². The molecular formula is C27H14F3IrN2O2-. The third kappa shape index (κ3) is 4.27. The van der Waals surface area contributed by atoms with Gasteiger partial charge in [0.2, 0.25) is 5.88 Å². The van der Waals surface area contributed by atoms with Gasteiger partial charge in [-0.05, 0) is 46.5 Å². The zero-order valence-corrected chi connectivity index (χ0v) is 20.2. The molecule has 0 amide bonds. The molecule has 6 aromatic rings. The van der Waals surface area contributed by atoms with Gasteiger partial charge in [0.15, 0.2) is 0 Å². The molecule has 2 aromatic heterocycles. The number of furan rings is 1. The first-order chi connectivity index (χ1) is 16.5. The number of alkyl halides is 3. The molecule has 0 atom stereocenters. The topological polar surface area (TPSA) is 48.2 Å². The standard InChI is InChI=1S/C27H14F3N2O2.Ir/c28-27(29,30)19-9-11-20(12-10-19)33-26-22-14-17-6-2-1-5-16(17)13-21(22)25(31-32-26)24-15-18-7-3-4-8-23(18)34-24;/h1-14H;/q-1;. The van der Waals surface area contributed by atoms with Crippen molar-refractivity contribution in [3.63, 3.8) is 0 Å². The van der Waals surface area contributed by atoms with Crippen LogP contribution in [-0.4, -0.2) is 10.2 Å². The predicted molar refractivity (Wildman–Crippen MR) is 123 cm³/mol. The number of aromatic nitrogens is 2. The zero-order chi connectivity index (χ0) is 23.3. The molecule has 0 bridgehead atoms. The van der Waals surface area contributed by atoms with E-state index in [1.165, 1.54) is 12.1 Å². The van der Waals surface area contributed by atoms with E-state index in [4.69, 9.17) is 9.15 Å². The van der Waals surface area contributed by atoms with E-state index in [9.17, 15) is 13.2 Å². The van der Waals surface area contributed by atoms with Crippen LogP contribution in [0.25, 0.3) is 44.0 Å². The van der Waals surface area contributed by atoms with Gasteiger partial charge in [0.1, 0.15) is 5.75 Å². The summed E-state index contributed by atoms with van der Waals surface area (Å²) in [6, 6.07) is 26.9. The van der Waals surface area contributed by atoms with Gasteiger partial charge in [-0.15, -0.1) is 22.6 Å². The van der Waals surface area contributed by atoms with Gasteiger partial charge in [-0.1, -0.05) is 48.5 Å². The largest absolute Gasteiger partial charge is 0.518 e. The fourth-order valence-electron chi connectivity index (χ4n) is 3.91. The molecule has 0 saturated carbocycles. The minimum atomic E-state index is -4.42. The molecular weight excluding hydrogens is 634 g/mol. The Morgan fingerprint density at radius 3 is 2.11 bits per heavy atom. The van der Waals surface area contributed by atoms with Gasteiger partial charge in [-0.3, -0.25) is 0 Å². The van der Waals surface area contributed by atoms with Crippen LogP contribution in [0.15, 0.2) is 89.3 Å². The fourth-order valence-corrected chi connectivity index (χ4v) is 3.91. The molecule has 0 fully saturated rings. The number of para-hydroxylation sites is 1. The van der Waals surface area contributed by atoms with Crippen molar-refractivity contribution >= 4 is 32.5 Å². The molecule has 0 aliphatic heterocycles. The summed E-state index contributed by atoms with van der Waals surface area (Å²) in [6.45, 7) is 0. The molecule has 35 heavy (non-hydrogen) atoms. The average molecular weight is 648 g/mol. The second-order valence-corrected chi connectivity index (χ2v) is 7.78. The van der Waals surface area contributed by atoms with E-state index in [1.807, 2.05) is 60.7 Å². The first-order valence-electron chi connectivity index (χ1n) is 10.4. The van der Waals surface area contributed by atoms with Crippen LogP contribution in [0.4, 0.5) is 13.2 Å². The van der Waals surface area contributed by atoms with Gasteiger partial charge in [0.05, 0.1) is 17.0 Å². The predicted octanol–water partition coefficient (Wildman–Crippen LogP) is 7.80. The van der Waals surface area contributed by atoms with Gasteiger partial charge in [-0.2, -0.15) is 18.3 Å². The number of halogens is 3. The van der Waals surface area contributed by atoms with Crippen molar-refractivity contribution < 1.29 is 42.4 Å². The maximum absolute atomic E-state index is 12.9. The maximum atomic E-state index is 12.9. The van der Waals surface area contributed by atoms with Crippen LogP contribution in [0, 0.1) is 6.07 Å². The first kappa shape index (κ1) is 23.0. The smallest absolute Gasteiger partial charge is 0.416 e. The summed E-state index contributed by atoms with van der Waals surface area (Å²) in [5.41, 5.74) is 0.424. The summed E-state index contributed by atoms with van der Waals surface area (Å²) in [5, 5.41) is 12.7. The first-order valence-corrected chi connectivity index (χ1v) is 10.4. The van der Waals surface area contributed by atoms with E-state index in [-0.39, 0.29) is 31.7 Å². The Morgan fingerprint density at radius 2 is 1.43 bits per heavy atom. The third-order valence-corrected chi connectivity index (χ3v) is 5.57. The monoisotopic (exact) mass is 648 g/mol. The van der Waals surface area contributed by atoms with Gasteiger partial charge in [0, 0.05) is 31.1 Å². The maximum Gasteiger partial charge on any atom is 0.416 e. The quantitative estimate of drug-likeness (QED) is 0.145. The number of nitrogens with zero attached hydrogens (tertiary/aromatic N) is 2. The number of benzene rings is 4. The summed E-state index contributed by atoms with van der Waals surface area (Å²) in [4.78, 5) is 0. The molecule has 0 unspecified atom stereocenters. The Bertz CT molecular complexity index is 1650. The number of ether oxygens (including phenoxy) is 1. The Labute approximate surface area is 210 Å². The van der Waals surface area contributed by atoms with Crippen LogP contribution in [0.3, 0.4) is 0 Å². The van der Waals surface area contributed by atoms with E-state index in [2.05, 4.69) is 16.3 Å². The number of rotatable bonds is 3. The van der Waals surface area contributed by atoms with Crippen molar-refractivity contribution in [2.24, 2.45) is 0 Å². The summed E-state index contributed by atoms with van der Waals surface area (Å²) in [6.07, 6.45) is -4.42. The second-order valence-electron chi connectivity index (χ2n) is 7.78. The molecule has 0 N–H and O–H groups in total. The molecule has 0 spiro atoms. The van der Waals surface area contributed by atoms with E-state index in [0.717, 1.165) is 33.7 Å². The van der Waals surface area contributed by atoms with Crippen molar-refractivity contribution in [3.05, 3.63) is 96.6 Å². The Morgan fingerprint density at radius 1 is 0.771 bits per heavy atom. The van der Waals surface area contributed by atoms with Crippen LogP contribution in [-0.2, 0) is 26.3 Å². The van der Waals surface area contributed by atoms with Crippen LogP contribution >= 0.6 is 0 Å². The summed E-state index contributed by atoms with van der Waals surface area (Å²) >= 11 is 0. The molecule has 6 rings (SSSR count). The van der Waals surface area contributed by atoms with Crippen molar-refractivity contribution in [1.82, 2.24) is 10.2 Å². The van der Waals surface area contributed by atoms with Crippen LogP contribution < -0.4 is 4.74 Å². The molecule has 175 valence electrons. The minimum Gasteiger partial charge on any atom is -0.518 e. The van der Waals surface area contributed by atoms with Gasteiger partial charge < -0.3 is 9.15 Å². The van der Waals surface area contributed by atoms with Crippen molar-refractivity contribution in [3.8, 4) is 23.1 Å². The number of hydrogen-bond acceptors (Lipinski definition) is 4. The normalized spacial score (nSPS) is 11.6. The zero-order valence-electron chi connectivity index (χ0n) is 17.8. The summed E-state index contributed by atoms with van der Waals surface area (Å²) < 4.78 is 50.6. The van der Waals surface area contributed by atoms with Crippen LogP contribution in [0.1, 0.15) is 5.56 Å². The Kier molecular flexibility index (Phi) is 5.79. The van der Waals surface area contributed by atoms with E-state index >= 15 is 0 Å². The number of hydrogen-bond donors (Lipinski definition) is 0. The SMILES string of the molecule is FC(F)(F)c1ccc(Oc2nnc(-c3[c-]c4ccccc4o3)c3cc4ccccc4cc23)cc1.[Ir]. The molecule has 2 heterocycles. The molecule has 0 aliphatic carbocycles. The van der Waals surface area contributed by atoms with Crippen LogP contribution in [0.2, 0.25) is 0 Å². The molecule has 8 heteroatoms. The molecule has 0 saturated heterocycles. The Hall–Kier alpha value is -3.74. The van der Waals surface area contributed by atoms with Gasteiger partial charge in [0.25, 0.3) is 0 Å². The van der Waals surface area contributed by atoms with Gasteiger partial charge >= 0.3 is 6.18 Å². The fraction of sp³-hybridized carbons (Fsp3) is 0.0370.